The van der Waals surface area contributed by atoms with Gasteiger partial charge < -0.3 is 0 Å². The molecule has 0 aliphatic heterocycles. The average molecular weight is 319 g/mol. The first-order valence-corrected chi connectivity index (χ1v) is 9.26. The largest absolute Gasteiger partial charge is 0.362 e. The van der Waals surface area contributed by atoms with E-state index in [1.807, 2.05) is 0 Å². The molecule has 0 aromatic carbocycles. The number of nitrogens with one attached hydrogen (secondary N) is 1. The third-order valence-corrected chi connectivity index (χ3v) is 4.08. The lowest BCUT2D eigenvalue weighted by molar-refractivity contribution is -0.114. The zero-order chi connectivity index (χ0) is 16.0. The first kappa shape index (κ1) is 20.1. The molecule has 0 aliphatic carbocycles. The Morgan fingerprint density at radius 2 is 1.48 bits per heavy atom. The summed E-state index contributed by atoms with van der Waals surface area (Å²) in [6.07, 6.45) is 12.6. The Morgan fingerprint density at radius 3 is 1.95 bits per heavy atom. The summed E-state index contributed by atoms with van der Waals surface area (Å²) in [6, 6.07) is 0. The van der Waals surface area contributed by atoms with Crippen molar-refractivity contribution in [2.24, 2.45) is 0 Å². The molecule has 0 unspecified atom stereocenters. The fourth-order valence-corrected chi connectivity index (χ4v) is 2.68. The molecule has 0 bridgehead atoms. The summed E-state index contributed by atoms with van der Waals surface area (Å²) in [7, 11) is -3.97. The molecule has 6 heteroatoms. The van der Waals surface area contributed by atoms with Crippen molar-refractivity contribution >= 4 is 16.2 Å². The highest BCUT2D eigenvalue weighted by Gasteiger charge is 2.12. The predicted octanol–water partition coefficient (Wildman–Crippen LogP) is 3.47. The zero-order valence-corrected chi connectivity index (χ0v) is 13.9. The molecule has 124 valence electrons. The Kier molecular flexibility index (Phi) is 12.3. The van der Waals surface area contributed by atoms with Gasteiger partial charge in [-0.25, -0.2) is 4.72 Å². The molecular formula is C15H29NO4S. The maximum absolute atomic E-state index is 11.3. The highest BCUT2D eigenvalue weighted by atomic mass is 32.2. The summed E-state index contributed by atoms with van der Waals surface area (Å²) in [5.41, 5.74) is 0. The second-order valence-electron chi connectivity index (χ2n) is 5.13. The Bertz CT molecular complexity index is 379. The molecule has 1 N–H and O–H groups in total. The molecule has 0 atom stereocenters. The van der Waals surface area contributed by atoms with Gasteiger partial charge in [-0.15, -0.1) is 0 Å². The maximum atomic E-state index is 11.3. The second kappa shape index (κ2) is 12.8. The van der Waals surface area contributed by atoms with Gasteiger partial charge in [-0.2, -0.15) is 8.42 Å². The van der Waals surface area contributed by atoms with E-state index in [1.165, 1.54) is 44.9 Å². The number of carbonyl (C=O) groups excluding carboxylic acids is 1. The first-order valence-electron chi connectivity index (χ1n) is 7.85. The third kappa shape index (κ3) is 13.8. The fourth-order valence-electron chi connectivity index (χ4n) is 1.95. The van der Waals surface area contributed by atoms with Gasteiger partial charge in [0.1, 0.15) is 0 Å². The van der Waals surface area contributed by atoms with Gasteiger partial charge in [0, 0.05) is 0 Å². The number of carbonyl (C=O) groups is 1. The Balaban J connectivity index is 3.39. The molecule has 1 amide bonds. The molecule has 0 rings (SSSR count). The molecule has 0 aromatic rings. The average Bonchev–Trinajstić information content (AvgIpc) is 2.44. The summed E-state index contributed by atoms with van der Waals surface area (Å²) in [4.78, 5) is 10.8. The molecule has 0 aromatic heterocycles. The smallest absolute Gasteiger partial charge is 0.269 e. The monoisotopic (exact) mass is 319 g/mol. The third-order valence-electron chi connectivity index (χ3n) is 3.15. The second-order valence-corrected chi connectivity index (χ2v) is 6.48. The van der Waals surface area contributed by atoms with E-state index in [2.05, 4.69) is 17.7 Å². The van der Waals surface area contributed by atoms with Gasteiger partial charge in [-0.1, -0.05) is 71.3 Å². The standard InChI is InChI=1S/C15H29NO4S/c1-3-5-6-7-8-9-10-11-12-13-14-20-21(18,19)16-15(17)4-2/h4H,2-3,5-14H2,1H3,(H,16,17). The van der Waals surface area contributed by atoms with Crippen molar-refractivity contribution in [3.8, 4) is 0 Å². The van der Waals surface area contributed by atoms with Crippen molar-refractivity contribution in [2.75, 3.05) is 6.61 Å². The van der Waals surface area contributed by atoms with Crippen molar-refractivity contribution < 1.29 is 17.4 Å². The SMILES string of the molecule is C=CC(=O)NS(=O)(=O)OCCCCCCCCCCCC. The fraction of sp³-hybridized carbons (Fsp3) is 0.800. The van der Waals surface area contributed by atoms with Crippen LogP contribution < -0.4 is 4.72 Å². The van der Waals surface area contributed by atoms with E-state index in [9.17, 15) is 13.2 Å². The minimum Gasteiger partial charge on any atom is -0.269 e. The molecule has 0 aliphatic rings. The van der Waals surface area contributed by atoms with Crippen molar-refractivity contribution in [1.29, 1.82) is 0 Å². The van der Waals surface area contributed by atoms with E-state index in [0.717, 1.165) is 18.9 Å². The topological polar surface area (TPSA) is 72.5 Å². The van der Waals surface area contributed by atoms with Crippen LogP contribution in [0.4, 0.5) is 0 Å². The van der Waals surface area contributed by atoms with E-state index in [0.29, 0.717) is 6.42 Å². The number of amides is 1. The first-order chi connectivity index (χ1) is 10.0. The van der Waals surface area contributed by atoms with Gasteiger partial charge in [-0.3, -0.25) is 8.98 Å². The van der Waals surface area contributed by atoms with E-state index < -0.39 is 16.2 Å². The van der Waals surface area contributed by atoms with Crippen LogP contribution in [-0.2, 0) is 19.3 Å². The van der Waals surface area contributed by atoms with Crippen LogP contribution in [0.25, 0.3) is 0 Å². The molecular weight excluding hydrogens is 290 g/mol. The quantitative estimate of drug-likeness (QED) is 0.393. The van der Waals surface area contributed by atoms with E-state index >= 15 is 0 Å². The lowest BCUT2D eigenvalue weighted by Crippen LogP contribution is -2.30. The van der Waals surface area contributed by atoms with Crippen molar-refractivity contribution in [2.45, 2.75) is 71.1 Å². The number of unbranched alkanes of at least 4 members (excludes halogenated alkanes) is 9. The summed E-state index contributed by atoms with van der Waals surface area (Å²) in [6.45, 7) is 5.50. The van der Waals surface area contributed by atoms with Crippen molar-refractivity contribution in [3.63, 3.8) is 0 Å². The van der Waals surface area contributed by atoms with Crippen molar-refractivity contribution in [1.82, 2.24) is 4.72 Å². The molecule has 0 saturated heterocycles. The summed E-state index contributed by atoms with van der Waals surface area (Å²) in [5.74, 6) is -0.780. The molecule has 0 spiro atoms. The van der Waals surface area contributed by atoms with Crippen LogP contribution in [0.15, 0.2) is 12.7 Å². The minimum absolute atomic E-state index is 0.107. The highest BCUT2D eigenvalue weighted by Crippen LogP contribution is 2.10. The molecule has 0 fully saturated rings. The van der Waals surface area contributed by atoms with E-state index in [1.54, 1.807) is 4.72 Å². The Labute approximate surface area is 129 Å². The number of rotatable bonds is 14. The van der Waals surface area contributed by atoms with Gasteiger partial charge in [0.15, 0.2) is 0 Å². The predicted molar refractivity (Wildman–Crippen MR) is 85.1 cm³/mol. The van der Waals surface area contributed by atoms with Crippen LogP contribution in [0.5, 0.6) is 0 Å². The lowest BCUT2D eigenvalue weighted by atomic mass is 10.1. The van der Waals surface area contributed by atoms with Crippen molar-refractivity contribution in [3.05, 3.63) is 12.7 Å². The zero-order valence-electron chi connectivity index (χ0n) is 13.1. The molecule has 5 nitrogen and oxygen atoms in total. The van der Waals surface area contributed by atoms with Gasteiger partial charge in [0.25, 0.3) is 5.91 Å². The minimum atomic E-state index is -3.97. The molecule has 0 heterocycles. The van der Waals surface area contributed by atoms with Crippen LogP contribution in [0.3, 0.4) is 0 Å². The number of hydrogen-bond donors (Lipinski definition) is 1. The molecule has 21 heavy (non-hydrogen) atoms. The Morgan fingerprint density at radius 1 is 1.00 bits per heavy atom. The van der Waals surface area contributed by atoms with Crippen LogP contribution in [0.1, 0.15) is 71.1 Å². The summed E-state index contributed by atoms with van der Waals surface area (Å²) < 4.78 is 28.9. The van der Waals surface area contributed by atoms with E-state index in [4.69, 9.17) is 0 Å². The van der Waals surface area contributed by atoms with Gasteiger partial charge >= 0.3 is 10.3 Å². The molecule has 0 radical (unpaired) electrons. The normalized spacial score (nSPS) is 11.3. The van der Waals surface area contributed by atoms with Crippen LogP contribution in [0, 0.1) is 0 Å². The van der Waals surface area contributed by atoms with E-state index in [-0.39, 0.29) is 6.61 Å². The van der Waals surface area contributed by atoms with Crippen LogP contribution in [-0.4, -0.2) is 20.9 Å². The van der Waals surface area contributed by atoms with Gasteiger partial charge in [0.2, 0.25) is 0 Å². The summed E-state index contributed by atoms with van der Waals surface area (Å²) in [5, 5.41) is 0. The Hall–Kier alpha value is -0.880. The maximum Gasteiger partial charge on any atom is 0.362 e. The number of hydrogen-bond acceptors (Lipinski definition) is 4. The molecule has 0 saturated carbocycles. The van der Waals surface area contributed by atoms with Gasteiger partial charge in [-0.05, 0) is 12.5 Å². The summed E-state index contributed by atoms with van der Waals surface area (Å²) >= 11 is 0. The van der Waals surface area contributed by atoms with Crippen LogP contribution in [0.2, 0.25) is 0 Å². The lowest BCUT2D eigenvalue weighted by Gasteiger charge is -2.05. The highest BCUT2D eigenvalue weighted by molar-refractivity contribution is 7.85. The van der Waals surface area contributed by atoms with Crippen LogP contribution >= 0.6 is 0 Å². The van der Waals surface area contributed by atoms with Gasteiger partial charge in [0.05, 0.1) is 6.61 Å².